The summed E-state index contributed by atoms with van der Waals surface area (Å²) in [5.41, 5.74) is 0.499. The summed E-state index contributed by atoms with van der Waals surface area (Å²) in [4.78, 5) is 49.0. The lowest BCUT2D eigenvalue weighted by Gasteiger charge is -2.31. The van der Waals surface area contributed by atoms with Gasteiger partial charge in [0.15, 0.2) is 0 Å². The number of imide groups is 1. The Balaban J connectivity index is 2.20. The second-order valence-electron chi connectivity index (χ2n) is 5.91. The molecule has 0 saturated heterocycles. The SMILES string of the molecule is CCOC(=O)CNC(=O)N(CC(C)C)N1C(=O)c2ccccc2C1=O. The summed E-state index contributed by atoms with van der Waals surface area (Å²) in [6, 6.07) is 5.68. The number of carbonyl (C=O) groups is 4. The van der Waals surface area contributed by atoms with Gasteiger partial charge in [-0.25, -0.2) is 9.80 Å². The van der Waals surface area contributed by atoms with E-state index < -0.39 is 23.8 Å². The molecule has 1 heterocycles. The number of nitrogens with one attached hydrogen (secondary N) is 1. The van der Waals surface area contributed by atoms with Crippen molar-refractivity contribution in [3.8, 4) is 0 Å². The number of ether oxygens (including phenoxy) is 1. The molecule has 0 bridgehead atoms. The number of hydrogen-bond acceptors (Lipinski definition) is 5. The Labute approximate surface area is 145 Å². The van der Waals surface area contributed by atoms with E-state index in [-0.39, 0.29) is 36.7 Å². The van der Waals surface area contributed by atoms with Crippen LogP contribution in [-0.2, 0) is 9.53 Å². The molecule has 8 heteroatoms. The van der Waals surface area contributed by atoms with Crippen LogP contribution in [0.2, 0.25) is 0 Å². The molecule has 2 rings (SSSR count). The van der Waals surface area contributed by atoms with Gasteiger partial charge in [0.25, 0.3) is 11.8 Å². The minimum absolute atomic E-state index is 0.00217. The molecule has 4 amide bonds. The maximum atomic E-state index is 12.6. The van der Waals surface area contributed by atoms with Gasteiger partial charge in [-0.2, -0.15) is 5.01 Å². The summed E-state index contributed by atoms with van der Waals surface area (Å²) in [6.07, 6.45) is 0. The highest BCUT2D eigenvalue weighted by atomic mass is 16.5. The summed E-state index contributed by atoms with van der Waals surface area (Å²) < 4.78 is 4.75. The third kappa shape index (κ3) is 3.96. The van der Waals surface area contributed by atoms with Gasteiger partial charge < -0.3 is 10.1 Å². The van der Waals surface area contributed by atoms with Crippen LogP contribution in [0.4, 0.5) is 4.79 Å². The van der Waals surface area contributed by atoms with Crippen molar-refractivity contribution in [2.75, 3.05) is 19.7 Å². The summed E-state index contributed by atoms with van der Waals surface area (Å²) in [7, 11) is 0. The van der Waals surface area contributed by atoms with E-state index in [4.69, 9.17) is 4.74 Å². The van der Waals surface area contributed by atoms with Crippen LogP contribution < -0.4 is 5.32 Å². The van der Waals surface area contributed by atoms with Crippen molar-refractivity contribution in [1.29, 1.82) is 0 Å². The van der Waals surface area contributed by atoms with Crippen molar-refractivity contribution >= 4 is 23.8 Å². The second kappa shape index (κ2) is 7.78. The molecule has 0 atom stereocenters. The molecule has 0 aliphatic carbocycles. The summed E-state index contributed by atoms with van der Waals surface area (Å²) in [6.45, 7) is 5.35. The first-order valence-electron chi connectivity index (χ1n) is 8.05. The second-order valence-corrected chi connectivity index (χ2v) is 5.91. The number of amides is 4. The van der Waals surface area contributed by atoms with Gasteiger partial charge in [0.05, 0.1) is 17.7 Å². The van der Waals surface area contributed by atoms with Gasteiger partial charge in [0.1, 0.15) is 6.54 Å². The predicted molar refractivity (Wildman–Crippen MR) is 88.5 cm³/mol. The number of hydrazine groups is 1. The molecule has 0 saturated carbocycles. The first kappa shape index (κ1) is 18.4. The first-order valence-corrected chi connectivity index (χ1v) is 8.05. The Bertz CT molecular complexity index is 666. The molecule has 0 spiro atoms. The van der Waals surface area contributed by atoms with Crippen molar-refractivity contribution in [3.05, 3.63) is 35.4 Å². The Kier molecular flexibility index (Phi) is 5.74. The third-order valence-electron chi connectivity index (χ3n) is 3.48. The van der Waals surface area contributed by atoms with Crippen LogP contribution in [-0.4, -0.2) is 53.5 Å². The molecule has 1 aromatic rings. The smallest absolute Gasteiger partial charge is 0.337 e. The standard InChI is InChI=1S/C17H21N3O5/c1-4-25-14(21)9-18-17(24)19(10-11(2)3)20-15(22)12-7-5-6-8-13(12)16(20)23/h5-8,11H,4,9-10H2,1-3H3,(H,18,24). The average Bonchev–Trinajstić information content (AvgIpc) is 2.82. The Morgan fingerprint density at radius 3 is 2.20 bits per heavy atom. The maximum Gasteiger partial charge on any atom is 0.337 e. The van der Waals surface area contributed by atoms with E-state index >= 15 is 0 Å². The van der Waals surface area contributed by atoms with E-state index in [0.717, 1.165) is 10.0 Å². The predicted octanol–water partition coefficient (Wildman–Crippen LogP) is 1.43. The third-order valence-corrected chi connectivity index (χ3v) is 3.48. The van der Waals surface area contributed by atoms with Crippen LogP contribution in [0.1, 0.15) is 41.5 Å². The van der Waals surface area contributed by atoms with Crippen LogP contribution in [0.25, 0.3) is 0 Å². The fraction of sp³-hybridized carbons (Fsp3) is 0.412. The summed E-state index contributed by atoms with van der Waals surface area (Å²) in [5, 5.41) is 4.24. The molecular weight excluding hydrogens is 326 g/mol. The van der Waals surface area contributed by atoms with Crippen LogP contribution in [0.5, 0.6) is 0 Å². The highest BCUT2D eigenvalue weighted by molar-refractivity contribution is 6.21. The molecule has 134 valence electrons. The number of esters is 1. The number of fused-ring (bicyclic) bond motifs is 1. The van der Waals surface area contributed by atoms with Gasteiger partial charge in [-0.1, -0.05) is 26.0 Å². The van der Waals surface area contributed by atoms with Crippen LogP contribution in [0, 0.1) is 5.92 Å². The number of carbonyl (C=O) groups excluding carboxylic acids is 4. The van der Waals surface area contributed by atoms with E-state index in [0.29, 0.717) is 0 Å². The summed E-state index contributed by atoms with van der Waals surface area (Å²) >= 11 is 0. The molecular formula is C17H21N3O5. The Morgan fingerprint density at radius 1 is 1.16 bits per heavy atom. The molecule has 0 radical (unpaired) electrons. The number of urea groups is 1. The summed E-state index contributed by atoms with van der Waals surface area (Å²) in [5.74, 6) is -1.72. The number of hydrogen-bond donors (Lipinski definition) is 1. The number of rotatable bonds is 6. The normalized spacial score (nSPS) is 13.0. The van der Waals surface area contributed by atoms with Gasteiger partial charge >= 0.3 is 12.0 Å². The topological polar surface area (TPSA) is 96.0 Å². The van der Waals surface area contributed by atoms with Gasteiger partial charge in [0, 0.05) is 6.54 Å². The zero-order valence-electron chi connectivity index (χ0n) is 14.4. The average molecular weight is 347 g/mol. The number of nitrogens with zero attached hydrogens (tertiary/aromatic N) is 2. The molecule has 25 heavy (non-hydrogen) atoms. The zero-order chi connectivity index (χ0) is 18.6. The Morgan fingerprint density at radius 2 is 1.72 bits per heavy atom. The zero-order valence-corrected chi connectivity index (χ0v) is 14.4. The maximum absolute atomic E-state index is 12.6. The van der Waals surface area contributed by atoms with Crippen LogP contribution in [0.15, 0.2) is 24.3 Å². The van der Waals surface area contributed by atoms with Crippen LogP contribution in [0.3, 0.4) is 0 Å². The molecule has 0 aromatic heterocycles. The minimum Gasteiger partial charge on any atom is -0.465 e. The quantitative estimate of drug-likeness (QED) is 0.620. The van der Waals surface area contributed by atoms with Crippen LogP contribution >= 0.6 is 0 Å². The lowest BCUT2D eigenvalue weighted by atomic mass is 10.1. The van der Waals surface area contributed by atoms with Crippen molar-refractivity contribution < 1.29 is 23.9 Å². The largest absolute Gasteiger partial charge is 0.465 e. The van der Waals surface area contributed by atoms with Gasteiger partial charge in [-0.05, 0) is 25.0 Å². The number of benzene rings is 1. The van der Waals surface area contributed by atoms with E-state index in [2.05, 4.69) is 5.32 Å². The fourth-order valence-corrected chi connectivity index (χ4v) is 2.45. The fourth-order valence-electron chi connectivity index (χ4n) is 2.45. The molecule has 0 unspecified atom stereocenters. The lowest BCUT2D eigenvalue weighted by Crippen LogP contribution is -2.55. The van der Waals surface area contributed by atoms with Gasteiger partial charge in [0.2, 0.25) is 0 Å². The van der Waals surface area contributed by atoms with E-state index in [1.54, 1.807) is 31.2 Å². The van der Waals surface area contributed by atoms with Gasteiger partial charge in [-0.15, -0.1) is 0 Å². The molecule has 8 nitrogen and oxygen atoms in total. The van der Waals surface area contributed by atoms with Crippen molar-refractivity contribution in [1.82, 2.24) is 15.3 Å². The lowest BCUT2D eigenvalue weighted by molar-refractivity contribution is -0.141. The van der Waals surface area contributed by atoms with Crippen molar-refractivity contribution in [3.63, 3.8) is 0 Å². The Hall–Kier alpha value is -2.90. The molecule has 1 aromatic carbocycles. The highest BCUT2D eigenvalue weighted by Gasteiger charge is 2.41. The molecule has 1 N–H and O–H groups in total. The highest BCUT2D eigenvalue weighted by Crippen LogP contribution is 2.24. The van der Waals surface area contributed by atoms with Crippen molar-refractivity contribution in [2.24, 2.45) is 5.92 Å². The van der Waals surface area contributed by atoms with Crippen molar-refractivity contribution in [2.45, 2.75) is 20.8 Å². The van der Waals surface area contributed by atoms with Gasteiger partial charge in [-0.3, -0.25) is 14.4 Å². The van der Waals surface area contributed by atoms with E-state index in [9.17, 15) is 19.2 Å². The molecule has 0 fully saturated rings. The monoisotopic (exact) mass is 347 g/mol. The van der Waals surface area contributed by atoms with E-state index in [1.807, 2.05) is 13.8 Å². The molecule has 1 aliphatic rings. The van der Waals surface area contributed by atoms with E-state index in [1.165, 1.54) is 0 Å². The minimum atomic E-state index is -0.712. The molecule has 1 aliphatic heterocycles. The first-order chi connectivity index (χ1) is 11.9.